The summed E-state index contributed by atoms with van der Waals surface area (Å²) in [5, 5.41) is 17.6. The third-order valence-corrected chi connectivity index (χ3v) is 5.14. The Hall–Kier alpha value is -2.05. The molecule has 112 valence electrons. The van der Waals surface area contributed by atoms with Gasteiger partial charge in [-0.2, -0.15) is 9.57 Å². The van der Waals surface area contributed by atoms with E-state index in [1.807, 2.05) is 0 Å². The van der Waals surface area contributed by atoms with Crippen molar-refractivity contribution in [3.8, 4) is 6.07 Å². The lowest BCUT2D eigenvalue weighted by Gasteiger charge is -2.21. The number of carboxylic acids is 1. The molecule has 6 nitrogen and oxygen atoms in total. The van der Waals surface area contributed by atoms with Crippen LogP contribution < -0.4 is 0 Å². The molecule has 1 heterocycles. The maximum Gasteiger partial charge on any atom is 0.322 e. The van der Waals surface area contributed by atoms with Crippen molar-refractivity contribution in [2.24, 2.45) is 0 Å². The van der Waals surface area contributed by atoms with Crippen LogP contribution in [0.2, 0.25) is 0 Å². The molecule has 1 aliphatic rings. The SMILES string of the molecule is N#Cc1cc(F)c(S(=O)(=O)N2CCCC2C(=O)O)c(F)c1. The van der Waals surface area contributed by atoms with Crippen LogP contribution in [0.1, 0.15) is 18.4 Å². The van der Waals surface area contributed by atoms with E-state index in [4.69, 9.17) is 10.4 Å². The standard InChI is InChI=1S/C12H10F2N2O4S/c13-8-4-7(6-15)5-9(14)11(8)21(19,20)16-3-1-2-10(16)12(17)18/h4-5,10H,1-3H2,(H,17,18). The highest BCUT2D eigenvalue weighted by Crippen LogP contribution is 2.29. The smallest absolute Gasteiger partial charge is 0.322 e. The average Bonchev–Trinajstić information content (AvgIpc) is 2.87. The number of carbonyl (C=O) groups is 1. The minimum absolute atomic E-state index is 0.0775. The minimum Gasteiger partial charge on any atom is -0.480 e. The van der Waals surface area contributed by atoms with Gasteiger partial charge in [-0.05, 0) is 25.0 Å². The molecule has 1 aromatic rings. The number of sulfonamides is 1. The van der Waals surface area contributed by atoms with Crippen LogP contribution >= 0.6 is 0 Å². The molecule has 1 aliphatic heterocycles. The molecule has 1 aromatic carbocycles. The largest absolute Gasteiger partial charge is 0.480 e. The van der Waals surface area contributed by atoms with Gasteiger partial charge in [0.25, 0.3) is 0 Å². The van der Waals surface area contributed by atoms with Crippen molar-refractivity contribution in [3.05, 3.63) is 29.3 Å². The van der Waals surface area contributed by atoms with Crippen molar-refractivity contribution in [1.82, 2.24) is 4.31 Å². The van der Waals surface area contributed by atoms with E-state index in [9.17, 15) is 22.0 Å². The van der Waals surface area contributed by atoms with Gasteiger partial charge in [0.2, 0.25) is 10.0 Å². The Morgan fingerprint density at radius 2 is 1.95 bits per heavy atom. The molecular formula is C12H10F2N2O4S. The molecule has 1 unspecified atom stereocenters. The zero-order valence-corrected chi connectivity index (χ0v) is 11.4. The summed E-state index contributed by atoms with van der Waals surface area (Å²) in [6, 6.07) is 1.36. The number of hydrogen-bond acceptors (Lipinski definition) is 4. The van der Waals surface area contributed by atoms with Crippen molar-refractivity contribution < 1.29 is 27.1 Å². The molecule has 21 heavy (non-hydrogen) atoms. The van der Waals surface area contributed by atoms with Crippen LogP contribution in [0.4, 0.5) is 8.78 Å². The van der Waals surface area contributed by atoms with Gasteiger partial charge in [-0.3, -0.25) is 4.79 Å². The fourth-order valence-electron chi connectivity index (χ4n) is 2.26. The highest BCUT2D eigenvalue weighted by Gasteiger charge is 2.42. The third kappa shape index (κ3) is 2.59. The molecule has 0 radical (unpaired) electrons. The second kappa shape index (κ2) is 5.38. The number of hydrogen-bond donors (Lipinski definition) is 1. The summed E-state index contributed by atoms with van der Waals surface area (Å²) < 4.78 is 52.8. The molecule has 0 spiro atoms. The average molecular weight is 316 g/mol. The predicted octanol–water partition coefficient (Wildman–Crippen LogP) is 1.07. The highest BCUT2D eigenvalue weighted by atomic mass is 32.2. The molecule has 0 saturated carbocycles. The number of carboxylic acid groups (broad SMARTS) is 1. The van der Waals surface area contributed by atoms with Gasteiger partial charge < -0.3 is 5.11 Å². The second-order valence-electron chi connectivity index (χ2n) is 4.49. The Labute approximate surface area is 119 Å². The van der Waals surface area contributed by atoms with Gasteiger partial charge in [0.1, 0.15) is 17.7 Å². The van der Waals surface area contributed by atoms with Crippen LogP contribution in [-0.2, 0) is 14.8 Å². The van der Waals surface area contributed by atoms with Crippen molar-refractivity contribution in [3.63, 3.8) is 0 Å². The molecule has 1 N–H and O–H groups in total. The lowest BCUT2D eigenvalue weighted by molar-refractivity contribution is -0.140. The van der Waals surface area contributed by atoms with E-state index in [1.165, 1.54) is 6.07 Å². The summed E-state index contributed by atoms with van der Waals surface area (Å²) in [6.07, 6.45) is 0.365. The first-order chi connectivity index (χ1) is 9.78. The molecule has 2 rings (SSSR count). The highest BCUT2D eigenvalue weighted by molar-refractivity contribution is 7.89. The lowest BCUT2D eigenvalue weighted by atomic mass is 10.2. The normalized spacial score (nSPS) is 19.4. The minimum atomic E-state index is -4.63. The Balaban J connectivity index is 2.55. The number of halogens is 2. The number of rotatable bonds is 3. The Morgan fingerprint density at radius 1 is 1.38 bits per heavy atom. The zero-order valence-electron chi connectivity index (χ0n) is 10.6. The Kier molecular flexibility index (Phi) is 3.93. The maximum atomic E-state index is 13.8. The Morgan fingerprint density at radius 3 is 2.43 bits per heavy atom. The topological polar surface area (TPSA) is 98.5 Å². The first-order valence-electron chi connectivity index (χ1n) is 5.93. The van der Waals surface area contributed by atoms with E-state index in [0.717, 1.165) is 0 Å². The van der Waals surface area contributed by atoms with Crippen molar-refractivity contribution in [2.75, 3.05) is 6.54 Å². The van der Waals surface area contributed by atoms with Crippen LogP contribution in [0.5, 0.6) is 0 Å². The quantitative estimate of drug-likeness (QED) is 0.899. The summed E-state index contributed by atoms with van der Waals surface area (Å²) in [5.74, 6) is -4.20. The van der Waals surface area contributed by atoms with Gasteiger partial charge in [-0.25, -0.2) is 17.2 Å². The Bertz CT molecular complexity index is 719. The molecule has 1 saturated heterocycles. The molecule has 0 bridgehead atoms. The molecule has 1 atom stereocenters. The van der Waals surface area contributed by atoms with E-state index in [0.29, 0.717) is 16.4 Å². The number of nitrogens with zero attached hydrogens (tertiary/aromatic N) is 2. The third-order valence-electron chi connectivity index (χ3n) is 3.18. The number of benzene rings is 1. The molecule has 0 aliphatic carbocycles. The number of nitriles is 1. The first kappa shape index (κ1) is 15.3. The zero-order chi connectivity index (χ0) is 15.8. The van der Waals surface area contributed by atoms with Gasteiger partial charge in [0.15, 0.2) is 4.90 Å². The van der Waals surface area contributed by atoms with E-state index in [-0.39, 0.29) is 24.9 Å². The summed E-state index contributed by atoms with van der Waals surface area (Å²) in [5.41, 5.74) is -0.361. The van der Waals surface area contributed by atoms with Gasteiger partial charge in [0.05, 0.1) is 11.6 Å². The number of aliphatic carboxylic acids is 1. The summed E-state index contributed by atoms with van der Waals surface area (Å²) in [4.78, 5) is 9.80. The molecule has 9 heteroatoms. The molecule has 1 fully saturated rings. The van der Waals surface area contributed by atoms with E-state index in [1.54, 1.807) is 0 Å². The lowest BCUT2D eigenvalue weighted by Crippen LogP contribution is -2.41. The summed E-state index contributed by atoms with van der Waals surface area (Å²) in [7, 11) is -4.63. The van der Waals surface area contributed by atoms with Crippen LogP contribution in [0.15, 0.2) is 17.0 Å². The fourth-order valence-corrected chi connectivity index (χ4v) is 4.01. The fraction of sp³-hybridized carbons (Fsp3) is 0.333. The van der Waals surface area contributed by atoms with E-state index >= 15 is 0 Å². The molecule has 0 amide bonds. The predicted molar refractivity (Wildman–Crippen MR) is 65.6 cm³/mol. The summed E-state index contributed by atoms with van der Waals surface area (Å²) in [6.45, 7) is -0.127. The first-order valence-corrected chi connectivity index (χ1v) is 7.37. The van der Waals surface area contributed by atoms with Crippen LogP contribution in [0.25, 0.3) is 0 Å². The van der Waals surface area contributed by atoms with Crippen LogP contribution in [-0.4, -0.2) is 36.4 Å². The molecular weight excluding hydrogens is 306 g/mol. The van der Waals surface area contributed by atoms with E-state index < -0.39 is 38.6 Å². The van der Waals surface area contributed by atoms with Gasteiger partial charge in [-0.1, -0.05) is 0 Å². The van der Waals surface area contributed by atoms with Gasteiger partial charge in [-0.15, -0.1) is 0 Å². The van der Waals surface area contributed by atoms with Crippen molar-refractivity contribution >= 4 is 16.0 Å². The summed E-state index contributed by atoms with van der Waals surface area (Å²) >= 11 is 0. The van der Waals surface area contributed by atoms with E-state index in [2.05, 4.69) is 0 Å². The molecule has 0 aromatic heterocycles. The van der Waals surface area contributed by atoms with Crippen LogP contribution in [0.3, 0.4) is 0 Å². The van der Waals surface area contributed by atoms with Crippen LogP contribution in [0, 0.1) is 23.0 Å². The maximum absolute atomic E-state index is 13.8. The van der Waals surface area contributed by atoms with Gasteiger partial charge >= 0.3 is 5.97 Å². The second-order valence-corrected chi connectivity index (χ2v) is 6.32. The van der Waals surface area contributed by atoms with Crippen molar-refractivity contribution in [1.29, 1.82) is 5.26 Å². The van der Waals surface area contributed by atoms with Gasteiger partial charge in [0, 0.05) is 6.54 Å². The monoisotopic (exact) mass is 316 g/mol. The van der Waals surface area contributed by atoms with Crippen molar-refractivity contribution in [2.45, 2.75) is 23.8 Å².